The molecule has 3 N–H and O–H groups in total. The summed E-state index contributed by atoms with van der Waals surface area (Å²) >= 11 is 1.54. The van der Waals surface area contributed by atoms with Crippen LogP contribution in [0.3, 0.4) is 0 Å². The van der Waals surface area contributed by atoms with E-state index in [1.807, 2.05) is 30.3 Å². The number of benzene rings is 2. The van der Waals surface area contributed by atoms with Crippen LogP contribution >= 0.6 is 11.8 Å². The minimum Gasteiger partial charge on any atom is -0.399 e. The van der Waals surface area contributed by atoms with E-state index in [0.717, 1.165) is 17.0 Å². The van der Waals surface area contributed by atoms with Gasteiger partial charge in [0.15, 0.2) is 0 Å². The highest BCUT2D eigenvalue weighted by molar-refractivity contribution is 7.99. The minimum atomic E-state index is -3.74. The molecule has 0 spiro atoms. The summed E-state index contributed by atoms with van der Waals surface area (Å²) in [6, 6.07) is 12.9. The molecular weight excluding hydrogens is 311 g/mol. The normalized spacial score (nSPS) is 11.5. The molecule has 0 bridgehead atoms. The molecule has 0 aliphatic heterocycles. The maximum absolute atomic E-state index is 13.2. The van der Waals surface area contributed by atoms with E-state index in [0.29, 0.717) is 5.75 Å². The lowest BCUT2D eigenvalue weighted by Gasteiger charge is -2.07. The Labute approximate surface area is 127 Å². The van der Waals surface area contributed by atoms with Gasteiger partial charge in [-0.3, -0.25) is 0 Å². The van der Waals surface area contributed by atoms with Gasteiger partial charge < -0.3 is 5.73 Å². The van der Waals surface area contributed by atoms with Crippen molar-refractivity contribution in [2.75, 3.05) is 18.0 Å². The van der Waals surface area contributed by atoms with Crippen LogP contribution in [-0.4, -0.2) is 20.7 Å². The molecule has 2 rings (SSSR count). The second kappa shape index (κ2) is 6.93. The number of nitrogen functional groups attached to an aromatic ring is 1. The monoisotopic (exact) mass is 326 g/mol. The summed E-state index contributed by atoms with van der Waals surface area (Å²) in [5.41, 5.74) is 5.53. The number of hydrogen-bond donors (Lipinski definition) is 2. The summed E-state index contributed by atoms with van der Waals surface area (Å²) in [5.74, 6) is -0.0948. The van der Waals surface area contributed by atoms with Gasteiger partial charge in [-0.25, -0.2) is 17.5 Å². The van der Waals surface area contributed by atoms with Crippen molar-refractivity contribution in [2.45, 2.75) is 9.79 Å². The summed E-state index contributed by atoms with van der Waals surface area (Å²) in [7, 11) is -3.74. The summed E-state index contributed by atoms with van der Waals surface area (Å²) in [4.78, 5) is 0.899. The Bertz CT molecular complexity index is 686. The highest BCUT2D eigenvalue weighted by atomic mass is 32.2. The van der Waals surface area contributed by atoms with E-state index in [9.17, 15) is 12.8 Å². The molecule has 2 aromatic rings. The van der Waals surface area contributed by atoms with Crippen LogP contribution in [0.25, 0.3) is 0 Å². The maximum Gasteiger partial charge on any atom is 0.240 e. The van der Waals surface area contributed by atoms with Crippen LogP contribution in [0.1, 0.15) is 0 Å². The van der Waals surface area contributed by atoms with Gasteiger partial charge >= 0.3 is 0 Å². The number of sulfonamides is 1. The second-order valence-electron chi connectivity index (χ2n) is 4.28. The van der Waals surface area contributed by atoms with Gasteiger partial charge in [0.2, 0.25) is 10.0 Å². The van der Waals surface area contributed by atoms with Crippen molar-refractivity contribution >= 4 is 27.5 Å². The largest absolute Gasteiger partial charge is 0.399 e. The predicted molar refractivity (Wildman–Crippen MR) is 83.2 cm³/mol. The molecule has 0 amide bonds. The van der Waals surface area contributed by atoms with Crippen molar-refractivity contribution in [1.29, 1.82) is 0 Å². The Morgan fingerprint density at radius 2 is 1.86 bits per heavy atom. The summed E-state index contributed by atoms with van der Waals surface area (Å²) < 4.78 is 39.6. The van der Waals surface area contributed by atoms with E-state index in [1.54, 1.807) is 0 Å². The third kappa shape index (κ3) is 4.73. The number of anilines is 1. The number of hydrogen-bond acceptors (Lipinski definition) is 4. The smallest absolute Gasteiger partial charge is 0.240 e. The number of thioether (sulfide) groups is 1. The van der Waals surface area contributed by atoms with E-state index < -0.39 is 15.8 Å². The molecule has 0 atom stereocenters. The second-order valence-corrected chi connectivity index (χ2v) is 7.21. The fourth-order valence-electron chi connectivity index (χ4n) is 1.68. The molecule has 112 valence electrons. The number of rotatable bonds is 6. The molecule has 4 nitrogen and oxygen atoms in total. The molecule has 0 radical (unpaired) electrons. The van der Waals surface area contributed by atoms with Crippen molar-refractivity contribution in [2.24, 2.45) is 0 Å². The van der Waals surface area contributed by atoms with Gasteiger partial charge in [0, 0.05) is 22.9 Å². The first-order valence-corrected chi connectivity index (χ1v) is 8.68. The van der Waals surface area contributed by atoms with Crippen LogP contribution in [0, 0.1) is 5.82 Å². The quantitative estimate of drug-likeness (QED) is 0.486. The van der Waals surface area contributed by atoms with Gasteiger partial charge in [-0.05, 0) is 30.3 Å². The van der Waals surface area contributed by atoms with Crippen molar-refractivity contribution < 1.29 is 12.8 Å². The fourth-order valence-corrected chi connectivity index (χ4v) is 3.70. The molecule has 21 heavy (non-hydrogen) atoms. The van der Waals surface area contributed by atoms with Crippen molar-refractivity contribution in [3.8, 4) is 0 Å². The van der Waals surface area contributed by atoms with E-state index in [-0.39, 0.29) is 17.1 Å². The van der Waals surface area contributed by atoms with Crippen LogP contribution in [0.5, 0.6) is 0 Å². The lowest BCUT2D eigenvalue weighted by Crippen LogP contribution is -2.26. The Morgan fingerprint density at radius 3 is 2.52 bits per heavy atom. The lowest BCUT2D eigenvalue weighted by molar-refractivity contribution is 0.580. The highest BCUT2D eigenvalue weighted by Crippen LogP contribution is 2.18. The molecule has 0 aliphatic rings. The maximum atomic E-state index is 13.2. The van der Waals surface area contributed by atoms with Crippen molar-refractivity contribution in [3.63, 3.8) is 0 Å². The van der Waals surface area contributed by atoms with Crippen molar-refractivity contribution in [1.82, 2.24) is 4.72 Å². The number of nitrogens with one attached hydrogen (secondary N) is 1. The Hall–Kier alpha value is -1.57. The Kier molecular flexibility index (Phi) is 5.22. The van der Waals surface area contributed by atoms with E-state index in [1.165, 1.54) is 17.8 Å². The molecule has 7 heteroatoms. The summed E-state index contributed by atoms with van der Waals surface area (Å²) in [6.07, 6.45) is 0. The molecule has 2 aromatic carbocycles. The van der Waals surface area contributed by atoms with Gasteiger partial charge in [-0.1, -0.05) is 18.2 Å². The first-order valence-electron chi connectivity index (χ1n) is 6.21. The predicted octanol–water partition coefficient (Wildman–Crippen LogP) is 2.48. The molecule has 0 aromatic heterocycles. The van der Waals surface area contributed by atoms with Crippen LogP contribution in [0.2, 0.25) is 0 Å². The fraction of sp³-hybridized carbons (Fsp3) is 0.143. The zero-order valence-corrected chi connectivity index (χ0v) is 12.8. The van der Waals surface area contributed by atoms with Crippen LogP contribution in [-0.2, 0) is 10.0 Å². The number of halogens is 1. The molecular formula is C14H15FN2O2S2. The molecule has 0 heterocycles. The molecule has 0 saturated heterocycles. The van der Waals surface area contributed by atoms with E-state index >= 15 is 0 Å². The van der Waals surface area contributed by atoms with Gasteiger partial charge in [-0.15, -0.1) is 11.8 Å². The van der Waals surface area contributed by atoms with Crippen LogP contribution in [0.15, 0.2) is 58.3 Å². The highest BCUT2D eigenvalue weighted by Gasteiger charge is 2.15. The van der Waals surface area contributed by atoms with Gasteiger partial charge in [0.05, 0.1) is 4.90 Å². The third-order valence-corrected chi connectivity index (χ3v) is 5.06. The first-order chi connectivity index (χ1) is 9.97. The zero-order valence-electron chi connectivity index (χ0n) is 11.1. The zero-order chi connectivity index (χ0) is 15.3. The molecule has 0 aliphatic carbocycles. The standard InChI is InChI=1S/C14H15FN2O2S2/c15-11-8-12(16)10-14(9-11)21(18,19)17-6-7-20-13-4-2-1-3-5-13/h1-5,8-10,17H,6-7,16H2. The average molecular weight is 326 g/mol. The third-order valence-electron chi connectivity index (χ3n) is 2.61. The lowest BCUT2D eigenvalue weighted by atomic mass is 10.3. The van der Waals surface area contributed by atoms with E-state index in [4.69, 9.17) is 5.73 Å². The average Bonchev–Trinajstić information content (AvgIpc) is 2.44. The van der Waals surface area contributed by atoms with Crippen molar-refractivity contribution in [3.05, 3.63) is 54.3 Å². The number of nitrogens with two attached hydrogens (primary N) is 1. The topological polar surface area (TPSA) is 72.2 Å². The minimum absolute atomic E-state index is 0.0778. The van der Waals surface area contributed by atoms with E-state index in [2.05, 4.69) is 4.72 Å². The molecule has 0 unspecified atom stereocenters. The Morgan fingerprint density at radius 1 is 1.14 bits per heavy atom. The summed E-state index contributed by atoms with van der Waals surface area (Å²) in [6.45, 7) is 0.248. The summed E-state index contributed by atoms with van der Waals surface area (Å²) in [5, 5.41) is 0. The first kappa shape index (κ1) is 15.8. The SMILES string of the molecule is Nc1cc(F)cc(S(=O)(=O)NCCSc2ccccc2)c1. The van der Waals surface area contributed by atoms with Gasteiger partial charge in [0.25, 0.3) is 0 Å². The van der Waals surface area contributed by atoms with Crippen LogP contribution in [0.4, 0.5) is 10.1 Å². The van der Waals surface area contributed by atoms with Gasteiger partial charge in [0.1, 0.15) is 5.82 Å². The Balaban J connectivity index is 1.92. The molecule has 0 fully saturated rings. The molecule has 0 saturated carbocycles. The van der Waals surface area contributed by atoms with Gasteiger partial charge in [-0.2, -0.15) is 0 Å². The van der Waals surface area contributed by atoms with Crippen LogP contribution < -0.4 is 10.5 Å².